The predicted molar refractivity (Wildman–Crippen MR) is 74.1 cm³/mol. The van der Waals surface area contributed by atoms with Crippen molar-refractivity contribution in [2.24, 2.45) is 5.92 Å². The Morgan fingerprint density at radius 1 is 1.40 bits per heavy atom. The molecule has 0 saturated carbocycles. The molecule has 5 heteroatoms. The minimum absolute atomic E-state index is 0.170. The van der Waals surface area contributed by atoms with E-state index in [1.165, 1.54) is 0 Å². The number of allylic oxidation sites excluding steroid dienone is 2. The molecule has 0 N–H and O–H groups in total. The minimum atomic E-state index is 0.170. The van der Waals surface area contributed by atoms with Crippen LogP contribution in [0.25, 0.3) is 0 Å². The molecule has 108 valence electrons. The summed E-state index contributed by atoms with van der Waals surface area (Å²) < 4.78 is 5.27. The van der Waals surface area contributed by atoms with E-state index in [1.807, 2.05) is 11.8 Å². The lowest BCUT2D eigenvalue weighted by atomic mass is 9.91. The van der Waals surface area contributed by atoms with Crippen LogP contribution >= 0.6 is 0 Å². The molecule has 2 atom stereocenters. The maximum absolute atomic E-state index is 12.6. The first kappa shape index (κ1) is 13.3. The van der Waals surface area contributed by atoms with E-state index in [0.29, 0.717) is 17.6 Å². The van der Waals surface area contributed by atoms with Crippen molar-refractivity contribution in [1.29, 1.82) is 0 Å². The maximum atomic E-state index is 12.6. The van der Waals surface area contributed by atoms with Gasteiger partial charge in [0.1, 0.15) is 0 Å². The summed E-state index contributed by atoms with van der Waals surface area (Å²) in [7, 11) is 0. The van der Waals surface area contributed by atoms with Crippen molar-refractivity contribution in [2.45, 2.75) is 44.9 Å². The number of nitrogens with zero attached hydrogens (tertiary/aromatic N) is 3. The first-order chi connectivity index (χ1) is 9.74. The number of aryl methyl sites for hydroxylation is 1. The molecule has 0 radical (unpaired) electrons. The third-order valence-corrected chi connectivity index (χ3v) is 4.24. The number of hydrogen-bond donors (Lipinski definition) is 0. The van der Waals surface area contributed by atoms with Gasteiger partial charge in [-0.25, -0.2) is 0 Å². The zero-order valence-electron chi connectivity index (χ0n) is 11.9. The molecule has 2 unspecified atom stereocenters. The van der Waals surface area contributed by atoms with Crippen molar-refractivity contribution >= 4 is 5.91 Å². The van der Waals surface area contributed by atoms with Crippen LogP contribution in [0, 0.1) is 12.8 Å². The van der Waals surface area contributed by atoms with E-state index in [0.717, 1.165) is 45.2 Å². The second-order valence-electron chi connectivity index (χ2n) is 5.78. The van der Waals surface area contributed by atoms with Crippen molar-refractivity contribution in [3.8, 4) is 0 Å². The lowest BCUT2D eigenvalue weighted by molar-refractivity contribution is -0.137. The third-order valence-electron chi connectivity index (χ3n) is 4.24. The number of rotatable bonds is 2. The number of piperidine rings is 1. The third kappa shape index (κ3) is 2.76. The van der Waals surface area contributed by atoms with Crippen molar-refractivity contribution in [3.63, 3.8) is 0 Å². The highest BCUT2D eigenvalue weighted by molar-refractivity contribution is 5.79. The number of carbonyl (C=O) groups is 1. The Labute approximate surface area is 119 Å². The zero-order chi connectivity index (χ0) is 13.9. The van der Waals surface area contributed by atoms with E-state index >= 15 is 0 Å². The molecular weight excluding hydrogens is 254 g/mol. The molecular formula is C15H21N3O2. The summed E-state index contributed by atoms with van der Waals surface area (Å²) in [5.74, 6) is 2.02. The molecule has 0 aromatic carbocycles. The predicted octanol–water partition coefficient (Wildman–Crippen LogP) is 2.44. The number of hydrogen-bond acceptors (Lipinski definition) is 4. The van der Waals surface area contributed by atoms with Gasteiger partial charge < -0.3 is 9.42 Å². The van der Waals surface area contributed by atoms with E-state index in [4.69, 9.17) is 4.52 Å². The molecule has 2 heterocycles. The van der Waals surface area contributed by atoms with Crippen LogP contribution in [0.4, 0.5) is 0 Å². The Morgan fingerprint density at radius 3 is 3.00 bits per heavy atom. The molecule has 5 nitrogen and oxygen atoms in total. The summed E-state index contributed by atoms with van der Waals surface area (Å²) in [6, 6.07) is 0. The fourth-order valence-corrected chi connectivity index (χ4v) is 3.13. The van der Waals surface area contributed by atoms with Crippen LogP contribution in [0.1, 0.15) is 49.7 Å². The van der Waals surface area contributed by atoms with E-state index in [-0.39, 0.29) is 11.8 Å². The molecule has 0 spiro atoms. The van der Waals surface area contributed by atoms with Gasteiger partial charge >= 0.3 is 0 Å². The molecule has 1 aromatic rings. The van der Waals surface area contributed by atoms with Gasteiger partial charge in [0, 0.05) is 19.0 Å². The Balaban J connectivity index is 1.65. The van der Waals surface area contributed by atoms with Crippen LogP contribution in [0.15, 0.2) is 16.7 Å². The van der Waals surface area contributed by atoms with Gasteiger partial charge in [0.15, 0.2) is 5.82 Å². The van der Waals surface area contributed by atoms with Crippen molar-refractivity contribution < 1.29 is 9.32 Å². The van der Waals surface area contributed by atoms with Gasteiger partial charge in [-0.3, -0.25) is 4.79 Å². The van der Waals surface area contributed by atoms with Gasteiger partial charge in [0.25, 0.3) is 0 Å². The summed E-state index contributed by atoms with van der Waals surface area (Å²) in [6.07, 6.45) is 9.24. The topological polar surface area (TPSA) is 59.2 Å². The number of amides is 1. The Hall–Kier alpha value is -1.65. The summed E-state index contributed by atoms with van der Waals surface area (Å²) in [6.45, 7) is 3.41. The SMILES string of the molecule is Cc1noc(C2CCCN(C(=O)C3CC=CCC3)C2)n1. The Kier molecular flexibility index (Phi) is 3.85. The molecule has 0 bridgehead atoms. The van der Waals surface area contributed by atoms with Crippen LogP contribution in [0.5, 0.6) is 0 Å². The minimum Gasteiger partial charge on any atom is -0.342 e. The van der Waals surface area contributed by atoms with Crippen LogP contribution in [0.2, 0.25) is 0 Å². The van der Waals surface area contributed by atoms with E-state index in [1.54, 1.807) is 0 Å². The zero-order valence-corrected chi connectivity index (χ0v) is 11.9. The van der Waals surface area contributed by atoms with Crippen LogP contribution in [0.3, 0.4) is 0 Å². The quantitative estimate of drug-likeness (QED) is 0.778. The Morgan fingerprint density at radius 2 is 2.30 bits per heavy atom. The van der Waals surface area contributed by atoms with Crippen molar-refractivity contribution in [1.82, 2.24) is 15.0 Å². The second-order valence-corrected chi connectivity index (χ2v) is 5.78. The Bertz CT molecular complexity index is 509. The molecule has 1 fully saturated rings. The summed E-state index contributed by atoms with van der Waals surface area (Å²) in [4.78, 5) is 18.9. The molecule has 1 aromatic heterocycles. The van der Waals surface area contributed by atoms with Gasteiger partial charge in [-0.2, -0.15) is 4.98 Å². The molecule has 3 rings (SSSR count). The van der Waals surface area contributed by atoms with Gasteiger partial charge in [0.05, 0.1) is 5.92 Å². The van der Waals surface area contributed by atoms with E-state index in [2.05, 4.69) is 22.3 Å². The first-order valence-corrected chi connectivity index (χ1v) is 7.48. The van der Waals surface area contributed by atoms with Gasteiger partial charge in [-0.05, 0) is 39.0 Å². The highest BCUT2D eigenvalue weighted by atomic mass is 16.5. The van der Waals surface area contributed by atoms with Crippen molar-refractivity contribution in [2.75, 3.05) is 13.1 Å². The van der Waals surface area contributed by atoms with E-state index in [9.17, 15) is 4.79 Å². The van der Waals surface area contributed by atoms with E-state index < -0.39 is 0 Å². The molecule has 1 saturated heterocycles. The molecule has 2 aliphatic rings. The van der Waals surface area contributed by atoms with Crippen LogP contribution < -0.4 is 0 Å². The monoisotopic (exact) mass is 275 g/mol. The van der Waals surface area contributed by atoms with Gasteiger partial charge in [-0.15, -0.1) is 0 Å². The molecule has 1 amide bonds. The normalized spacial score (nSPS) is 26.8. The molecule has 20 heavy (non-hydrogen) atoms. The summed E-state index contributed by atoms with van der Waals surface area (Å²) >= 11 is 0. The first-order valence-electron chi connectivity index (χ1n) is 7.48. The van der Waals surface area contributed by atoms with Crippen LogP contribution in [-0.2, 0) is 4.79 Å². The smallest absolute Gasteiger partial charge is 0.231 e. The fraction of sp³-hybridized carbons (Fsp3) is 0.667. The summed E-state index contributed by atoms with van der Waals surface area (Å²) in [5, 5.41) is 3.85. The van der Waals surface area contributed by atoms with Crippen LogP contribution in [-0.4, -0.2) is 34.0 Å². The average Bonchev–Trinajstić information content (AvgIpc) is 2.94. The average molecular weight is 275 g/mol. The number of likely N-dealkylation sites (tertiary alicyclic amines) is 1. The van der Waals surface area contributed by atoms with Crippen molar-refractivity contribution in [3.05, 3.63) is 23.9 Å². The van der Waals surface area contributed by atoms with Gasteiger partial charge in [-0.1, -0.05) is 17.3 Å². The fourth-order valence-electron chi connectivity index (χ4n) is 3.13. The summed E-state index contributed by atoms with van der Waals surface area (Å²) in [5.41, 5.74) is 0. The highest BCUT2D eigenvalue weighted by Gasteiger charge is 2.31. The number of aromatic nitrogens is 2. The highest BCUT2D eigenvalue weighted by Crippen LogP contribution is 2.28. The number of carbonyl (C=O) groups excluding carboxylic acids is 1. The van der Waals surface area contributed by atoms with Gasteiger partial charge in [0.2, 0.25) is 11.8 Å². The molecule has 1 aliphatic heterocycles. The second kappa shape index (κ2) is 5.77. The molecule has 1 aliphatic carbocycles. The lowest BCUT2D eigenvalue weighted by Crippen LogP contribution is -2.42. The standard InChI is InChI=1S/C15H21N3O2/c1-11-16-14(20-17-11)13-8-5-9-18(10-13)15(19)12-6-3-2-4-7-12/h2-3,12-13H,4-10H2,1H3. The maximum Gasteiger partial charge on any atom is 0.231 e. The lowest BCUT2D eigenvalue weighted by Gasteiger charge is -2.34. The largest absolute Gasteiger partial charge is 0.342 e.